The monoisotopic (exact) mass is 483 g/mol. The third kappa shape index (κ3) is 4.28. The number of aliphatic imine (C=N–C) groups is 1. The maximum atomic E-state index is 13.3. The van der Waals surface area contributed by atoms with Crippen molar-refractivity contribution in [3.05, 3.63) is 29.8 Å². The van der Waals surface area contributed by atoms with E-state index < -0.39 is 26.3 Å². The first-order valence-corrected chi connectivity index (χ1v) is 13.7. The van der Waals surface area contributed by atoms with Crippen molar-refractivity contribution in [1.29, 1.82) is 0 Å². The van der Waals surface area contributed by atoms with E-state index in [0.717, 1.165) is 12.8 Å². The molecule has 2 fully saturated rings. The topological polar surface area (TPSA) is 119 Å². The lowest BCUT2D eigenvalue weighted by atomic mass is 10.0. The second-order valence-corrected chi connectivity index (χ2v) is 12.2. The smallest absolute Gasteiger partial charge is 0.282 e. The van der Waals surface area contributed by atoms with Gasteiger partial charge in [0.15, 0.2) is 0 Å². The average Bonchev–Trinajstić information content (AvgIpc) is 3.39. The summed E-state index contributed by atoms with van der Waals surface area (Å²) in [5.74, 6) is -0.226. The Morgan fingerprint density at radius 3 is 2.22 bits per heavy atom. The van der Waals surface area contributed by atoms with E-state index in [1.54, 1.807) is 23.1 Å². The van der Waals surface area contributed by atoms with Crippen LogP contribution in [0.3, 0.4) is 0 Å². The minimum atomic E-state index is -3.69. The number of carbonyl (C=O) groups excluding carboxylic acids is 1. The van der Waals surface area contributed by atoms with Gasteiger partial charge in [-0.3, -0.25) is 14.5 Å². The molecule has 0 unspecified atom stereocenters. The number of carbonyl (C=O) groups is 1. The Hall–Kier alpha value is -2.02. The second kappa shape index (κ2) is 8.73. The number of hydrogen-bond acceptors (Lipinski definition) is 6. The summed E-state index contributed by atoms with van der Waals surface area (Å²) in [5.41, 5.74) is 0.451. The molecule has 1 aromatic carbocycles. The highest BCUT2D eigenvalue weighted by Gasteiger charge is 2.37. The SMILES string of the molecule is CC(C)[C@@H](N=C1NS(=O)(=O)c2ccccc21)C(=O)N1CCN(S(=O)(=O)N2CCCC2)CC1. The van der Waals surface area contributed by atoms with Crippen LogP contribution < -0.4 is 4.72 Å². The lowest BCUT2D eigenvalue weighted by molar-refractivity contribution is -0.134. The molecule has 10 nitrogen and oxygen atoms in total. The highest BCUT2D eigenvalue weighted by molar-refractivity contribution is 7.90. The predicted molar refractivity (Wildman–Crippen MR) is 120 cm³/mol. The molecule has 12 heteroatoms. The zero-order valence-corrected chi connectivity index (χ0v) is 19.9. The summed E-state index contributed by atoms with van der Waals surface area (Å²) in [6.07, 6.45) is 1.75. The Balaban J connectivity index is 1.49. The zero-order chi connectivity index (χ0) is 23.1. The van der Waals surface area contributed by atoms with Crippen molar-refractivity contribution in [2.45, 2.75) is 37.6 Å². The molecule has 32 heavy (non-hydrogen) atoms. The van der Waals surface area contributed by atoms with Crippen molar-refractivity contribution < 1.29 is 21.6 Å². The summed E-state index contributed by atoms with van der Waals surface area (Å²) in [4.78, 5) is 19.6. The van der Waals surface area contributed by atoms with Crippen LogP contribution in [0.1, 0.15) is 32.3 Å². The maximum absolute atomic E-state index is 13.3. The highest BCUT2D eigenvalue weighted by atomic mass is 32.2. The standard InChI is InChI=1S/C20H29N5O5S2/c1-15(2)18(21-19-16-7-3-4-8-17(16)31(27,28)22-19)20(26)23-11-13-25(14-12-23)32(29,30)24-9-5-6-10-24/h3-4,7-8,15,18H,5-6,9-14H2,1-2H3,(H,21,22)/t18-/m1/s1. The first kappa shape index (κ1) is 23.1. The Morgan fingerprint density at radius 1 is 1.00 bits per heavy atom. The third-order valence-electron chi connectivity index (χ3n) is 6.08. The van der Waals surface area contributed by atoms with Gasteiger partial charge in [-0.2, -0.15) is 17.0 Å². The van der Waals surface area contributed by atoms with Gasteiger partial charge in [0.2, 0.25) is 5.91 Å². The van der Waals surface area contributed by atoms with Crippen LogP contribution in [-0.4, -0.2) is 87.4 Å². The largest absolute Gasteiger partial charge is 0.338 e. The van der Waals surface area contributed by atoms with Gasteiger partial charge in [0.1, 0.15) is 11.9 Å². The normalized spacial score (nSPS) is 24.0. The molecule has 1 aromatic rings. The minimum absolute atomic E-state index is 0.148. The summed E-state index contributed by atoms with van der Waals surface area (Å²) in [6, 6.07) is 5.76. The number of fused-ring (bicyclic) bond motifs is 1. The molecule has 0 bridgehead atoms. The molecule has 3 aliphatic rings. The number of sulfonamides is 1. The molecule has 176 valence electrons. The maximum Gasteiger partial charge on any atom is 0.282 e. The molecule has 1 atom stereocenters. The van der Waals surface area contributed by atoms with Crippen molar-refractivity contribution >= 4 is 32.0 Å². The molecule has 0 spiro atoms. The van der Waals surface area contributed by atoms with Gasteiger partial charge in [0.25, 0.3) is 20.2 Å². The first-order valence-electron chi connectivity index (χ1n) is 10.9. The van der Waals surface area contributed by atoms with Crippen molar-refractivity contribution in [2.75, 3.05) is 39.3 Å². The summed E-state index contributed by atoms with van der Waals surface area (Å²) < 4.78 is 55.7. The van der Waals surface area contributed by atoms with Crippen molar-refractivity contribution in [3.8, 4) is 0 Å². The van der Waals surface area contributed by atoms with Gasteiger partial charge in [0, 0.05) is 44.8 Å². The molecule has 4 rings (SSSR count). The van der Waals surface area contributed by atoms with E-state index in [1.165, 1.54) is 14.7 Å². The Bertz CT molecular complexity index is 1120. The Labute approximate surface area is 189 Å². The summed E-state index contributed by atoms with van der Waals surface area (Å²) >= 11 is 0. The van der Waals surface area contributed by atoms with E-state index in [2.05, 4.69) is 9.71 Å². The number of piperazine rings is 1. The average molecular weight is 484 g/mol. The van der Waals surface area contributed by atoms with Crippen LogP contribution in [0.5, 0.6) is 0 Å². The van der Waals surface area contributed by atoms with E-state index in [-0.39, 0.29) is 48.7 Å². The van der Waals surface area contributed by atoms with Gasteiger partial charge in [-0.1, -0.05) is 26.0 Å². The molecular weight excluding hydrogens is 454 g/mol. The summed E-state index contributed by atoms with van der Waals surface area (Å²) in [5, 5.41) is 0. The Kier molecular flexibility index (Phi) is 6.31. The van der Waals surface area contributed by atoms with E-state index in [9.17, 15) is 21.6 Å². The molecule has 0 aromatic heterocycles. The van der Waals surface area contributed by atoms with Crippen molar-refractivity contribution in [3.63, 3.8) is 0 Å². The van der Waals surface area contributed by atoms with Crippen LogP contribution in [0.25, 0.3) is 0 Å². The van der Waals surface area contributed by atoms with E-state index in [0.29, 0.717) is 18.7 Å². The number of amidine groups is 1. The molecule has 2 saturated heterocycles. The molecule has 0 saturated carbocycles. The summed E-state index contributed by atoms with van der Waals surface area (Å²) in [6.45, 7) is 5.84. The molecule has 1 N–H and O–H groups in total. The summed E-state index contributed by atoms with van der Waals surface area (Å²) in [7, 11) is -7.18. The van der Waals surface area contributed by atoms with Gasteiger partial charge in [-0.25, -0.2) is 8.42 Å². The number of amides is 1. The lowest BCUT2D eigenvalue weighted by Crippen LogP contribution is -2.55. The number of benzene rings is 1. The van der Waals surface area contributed by atoms with Crippen LogP contribution in [0.15, 0.2) is 34.2 Å². The van der Waals surface area contributed by atoms with E-state index >= 15 is 0 Å². The zero-order valence-electron chi connectivity index (χ0n) is 18.3. The molecule has 1 amide bonds. The van der Waals surface area contributed by atoms with Crippen LogP contribution in [0.2, 0.25) is 0 Å². The van der Waals surface area contributed by atoms with Crippen LogP contribution in [0, 0.1) is 5.92 Å². The highest BCUT2D eigenvalue weighted by Crippen LogP contribution is 2.24. The molecule has 3 heterocycles. The molecule has 0 aliphatic carbocycles. The number of nitrogens with one attached hydrogen (secondary N) is 1. The molecular formula is C20H29N5O5S2. The second-order valence-electron chi connectivity index (χ2n) is 8.61. The van der Waals surface area contributed by atoms with Crippen LogP contribution >= 0.6 is 0 Å². The number of hydrogen-bond donors (Lipinski definition) is 1. The molecule has 3 aliphatic heterocycles. The fourth-order valence-electron chi connectivity index (χ4n) is 4.27. The van der Waals surface area contributed by atoms with E-state index in [4.69, 9.17) is 0 Å². The minimum Gasteiger partial charge on any atom is -0.338 e. The first-order chi connectivity index (χ1) is 15.1. The Morgan fingerprint density at radius 2 is 1.59 bits per heavy atom. The van der Waals surface area contributed by atoms with Gasteiger partial charge in [0.05, 0.1) is 4.90 Å². The van der Waals surface area contributed by atoms with Crippen molar-refractivity contribution in [2.24, 2.45) is 10.9 Å². The molecule has 0 radical (unpaired) electrons. The van der Waals surface area contributed by atoms with Gasteiger partial charge in [-0.05, 0) is 30.9 Å². The van der Waals surface area contributed by atoms with Crippen LogP contribution in [-0.2, 0) is 25.0 Å². The van der Waals surface area contributed by atoms with Crippen molar-refractivity contribution in [1.82, 2.24) is 18.2 Å². The third-order valence-corrected chi connectivity index (χ3v) is 9.52. The van der Waals surface area contributed by atoms with Gasteiger partial charge < -0.3 is 4.90 Å². The number of rotatable bonds is 5. The van der Waals surface area contributed by atoms with E-state index in [1.807, 2.05) is 13.8 Å². The fraction of sp³-hybridized carbons (Fsp3) is 0.600. The lowest BCUT2D eigenvalue weighted by Gasteiger charge is -2.37. The van der Waals surface area contributed by atoms with Gasteiger partial charge >= 0.3 is 0 Å². The predicted octanol–water partition coefficient (Wildman–Crippen LogP) is 0.235. The van der Waals surface area contributed by atoms with Gasteiger partial charge in [-0.15, -0.1) is 0 Å². The van der Waals surface area contributed by atoms with Crippen LogP contribution in [0.4, 0.5) is 0 Å². The quantitative estimate of drug-likeness (QED) is 0.643. The fourth-order valence-corrected chi connectivity index (χ4v) is 7.18. The number of nitrogens with zero attached hydrogens (tertiary/aromatic N) is 4.